The van der Waals surface area contributed by atoms with Crippen LogP contribution in [0.4, 0.5) is 0 Å². The van der Waals surface area contributed by atoms with E-state index in [0.717, 1.165) is 6.42 Å². The molecule has 2 heteroatoms. The Morgan fingerprint density at radius 3 is 2.00 bits per heavy atom. The van der Waals surface area contributed by atoms with E-state index in [1.54, 1.807) is 6.08 Å². The second kappa shape index (κ2) is 3.86. The average molecular weight is 169 g/mol. The minimum Gasteiger partial charge on any atom is -0.211 e. The van der Waals surface area contributed by atoms with Crippen LogP contribution in [0.1, 0.15) is 41.0 Å². The molecule has 0 aliphatic carbocycles. The molecule has 0 saturated heterocycles. The summed E-state index contributed by atoms with van der Waals surface area (Å²) in [4.78, 5) is 13.5. The molecular formula is C10H19NO. The van der Waals surface area contributed by atoms with Crippen LogP contribution in [-0.2, 0) is 4.79 Å². The van der Waals surface area contributed by atoms with Gasteiger partial charge >= 0.3 is 0 Å². The first kappa shape index (κ1) is 11.4. The van der Waals surface area contributed by atoms with Crippen molar-refractivity contribution in [2.24, 2.45) is 15.8 Å². The molecule has 0 N–H and O–H groups in total. The van der Waals surface area contributed by atoms with Crippen LogP contribution in [0.15, 0.2) is 4.99 Å². The SMILES string of the molecule is CC(C)(C)CC(C)(C)CN=C=O. The summed E-state index contributed by atoms with van der Waals surface area (Å²) in [5.41, 5.74) is 0.400. The molecule has 0 radical (unpaired) electrons. The topological polar surface area (TPSA) is 29.4 Å². The molecule has 0 aliphatic heterocycles. The zero-order chi connectivity index (χ0) is 9.83. The lowest BCUT2D eigenvalue weighted by atomic mass is 9.76. The van der Waals surface area contributed by atoms with Gasteiger partial charge in [0.1, 0.15) is 0 Å². The highest BCUT2D eigenvalue weighted by Crippen LogP contribution is 2.32. The van der Waals surface area contributed by atoms with Crippen molar-refractivity contribution < 1.29 is 4.79 Å². The average Bonchev–Trinajstić information content (AvgIpc) is 1.78. The predicted molar refractivity (Wildman–Crippen MR) is 50.8 cm³/mol. The van der Waals surface area contributed by atoms with Crippen molar-refractivity contribution in [1.29, 1.82) is 0 Å². The van der Waals surface area contributed by atoms with Crippen LogP contribution in [0.2, 0.25) is 0 Å². The fourth-order valence-electron chi connectivity index (χ4n) is 1.74. The van der Waals surface area contributed by atoms with Gasteiger partial charge in [0.25, 0.3) is 0 Å². The van der Waals surface area contributed by atoms with Gasteiger partial charge in [-0.05, 0) is 17.3 Å². The Labute approximate surface area is 75.1 Å². The van der Waals surface area contributed by atoms with Crippen molar-refractivity contribution in [3.05, 3.63) is 0 Å². The summed E-state index contributed by atoms with van der Waals surface area (Å²) in [6.45, 7) is 11.4. The van der Waals surface area contributed by atoms with Crippen molar-refractivity contribution in [3.63, 3.8) is 0 Å². The minimum atomic E-state index is 0.107. The molecule has 0 spiro atoms. The standard InChI is InChI=1S/C10H19NO/c1-9(2,3)6-10(4,5)7-11-8-12/h6-7H2,1-5H3. The van der Waals surface area contributed by atoms with Gasteiger partial charge in [0.2, 0.25) is 6.08 Å². The highest BCUT2D eigenvalue weighted by Gasteiger charge is 2.24. The van der Waals surface area contributed by atoms with Crippen molar-refractivity contribution >= 4 is 6.08 Å². The molecule has 2 nitrogen and oxygen atoms in total. The van der Waals surface area contributed by atoms with Gasteiger partial charge in [-0.3, -0.25) is 0 Å². The molecule has 0 unspecified atom stereocenters. The molecule has 0 atom stereocenters. The van der Waals surface area contributed by atoms with E-state index < -0.39 is 0 Å². The van der Waals surface area contributed by atoms with Gasteiger partial charge in [-0.2, -0.15) is 0 Å². The second-order valence-electron chi connectivity index (χ2n) is 5.31. The lowest BCUT2D eigenvalue weighted by Crippen LogP contribution is -2.23. The Bertz CT molecular complexity index is 183. The van der Waals surface area contributed by atoms with E-state index >= 15 is 0 Å². The van der Waals surface area contributed by atoms with Crippen molar-refractivity contribution in [2.75, 3.05) is 6.54 Å². The van der Waals surface area contributed by atoms with Gasteiger partial charge in [-0.1, -0.05) is 34.6 Å². The molecule has 0 heterocycles. The fourth-order valence-corrected chi connectivity index (χ4v) is 1.74. The highest BCUT2D eigenvalue weighted by molar-refractivity contribution is 5.32. The van der Waals surface area contributed by atoms with Gasteiger partial charge in [0.05, 0.1) is 6.54 Å². The van der Waals surface area contributed by atoms with Gasteiger partial charge in [0, 0.05) is 0 Å². The third-order valence-corrected chi connectivity index (χ3v) is 1.58. The monoisotopic (exact) mass is 169 g/mol. The van der Waals surface area contributed by atoms with Crippen LogP contribution < -0.4 is 0 Å². The van der Waals surface area contributed by atoms with Crippen molar-refractivity contribution in [2.45, 2.75) is 41.0 Å². The zero-order valence-corrected chi connectivity index (χ0v) is 8.77. The third kappa shape index (κ3) is 6.11. The van der Waals surface area contributed by atoms with Crippen molar-refractivity contribution in [1.82, 2.24) is 0 Å². The van der Waals surface area contributed by atoms with E-state index in [0.29, 0.717) is 12.0 Å². The number of isocyanates is 1. The van der Waals surface area contributed by atoms with Gasteiger partial charge in [-0.25, -0.2) is 9.79 Å². The van der Waals surface area contributed by atoms with Gasteiger partial charge in [0.15, 0.2) is 0 Å². The van der Waals surface area contributed by atoms with E-state index in [-0.39, 0.29) is 5.41 Å². The summed E-state index contributed by atoms with van der Waals surface area (Å²) in [5.74, 6) is 0. The predicted octanol–water partition coefficient (Wildman–Crippen LogP) is 2.78. The quantitative estimate of drug-likeness (QED) is 0.472. The van der Waals surface area contributed by atoms with Crippen LogP contribution in [0.25, 0.3) is 0 Å². The zero-order valence-electron chi connectivity index (χ0n) is 8.77. The molecule has 0 rings (SSSR count). The summed E-state index contributed by atoms with van der Waals surface area (Å²) < 4.78 is 0. The molecule has 70 valence electrons. The summed E-state index contributed by atoms with van der Waals surface area (Å²) in [5, 5.41) is 0. The molecule has 0 bridgehead atoms. The Morgan fingerprint density at radius 1 is 1.17 bits per heavy atom. The largest absolute Gasteiger partial charge is 0.234 e. The third-order valence-electron chi connectivity index (χ3n) is 1.58. The van der Waals surface area contributed by atoms with Crippen LogP contribution in [0.3, 0.4) is 0 Å². The molecule has 0 aromatic heterocycles. The fraction of sp³-hybridized carbons (Fsp3) is 0.900. The molecule has 0 aromatic rings. The van der Waals surface area contributed by atoms with Gasteiger partial charge < -0.3 is 0 Å². The molecule has 0 fully saturated rings. The lowest BCUT2D eigenvalue weighted by Gasteiger charge is -2.30. The van der Waals surface area contributed by atoms with E-state index in [1.165, 1.54) is 0 Å². The molecule has 12 heavy (non-hydrogen) atoms. The van der Waals surface area contributed by atoms with Crippen molar-refractivity contribution in [3.8, 4) is 0 Å². The summed E-state index contributed by atoms with van der Waals surface area (Å²) in [6, 6.07) is 0. The number of carbonyl (C=O) groups excluding carboxylic acids is 1. The van der Waals surface area contributed by atoms with E-state index in [1.807, 2.05) is 0 Å². The number of nitrogens with zero attached hydrogens (tertiary/aromatic N) is 1. The smallest absolute Gasteiger partial charge is 0.211 e. The Kier molecular flexibility index (Phi) is 3.66. The first-order valence-corrected chi connectivity index (χ1v) is 4.30. The molecule has 0 saturated carbocycles. The number of hydrogen-bond acceptors (Lipinski definition) is 2. The Morgan fingerprint density at radius 2 is 1.67 bits per heavy atom. The number of aliphatic imine (C=N–C) groups is 1. The minimum absolute atomic E-state index is 0.107. The normalized spacial score (nSPS) is 12.4. The first-order valence-electron chi connectivity index (χ1n) is 4.30. The summed E-state index contributed by atoms with van der Waals surface area (Å²) in [7, 11) is 0. The summed E-state index contributed by atoms with van der Waals surface area (Å²) in [6.07, 6.45) is 2.65. The number of hydrogen-bond donors (Lipinski definition) is 0. The molecule has 0 aromatic carbocycles. The van der Waals surface area contributed by atoms with E-state index in [9.17, 15) is 4.79 Å². The Balaban J connectivity index is 4.12. The molecule has 0 amide bonds. The van der Waals surface area contributed by atoms with Crippen LogP contribution >= 0.6 is 0 Å². The van der Waals surface area contributed by atoms with Crippen LogP contribution in [0, 0.1) is 10.8 Å². The lowest BCUT2D eigenvalue weighted by molar-refractivity contribution is 0.220. The maximum Gasteiger partial charge on any atom is 0.234 e. The maximum absolute atomic E-state index is 9.93. The second-order valence-corrected chi connectivity index (χ2v) is 5.31. The van der Waals surface area contributed by atoms with E-state index in [2.05, 4.69) is 39.6 Å². The Hall–Kier alpha value is -0.620. The van der Waals surface area contributed by atoms with Gasteiger partial charge in [-0.15, -0.1) is 0 Å². The number of rotatable bonds is 3. The highest BCUT2D eigenvalue weighted by atomic mass is 16.1. The maximum atomic E-state index is 9.93. The van der Waals surface area contributed by atoms with E-state index in [4.69, 9.17) is 0 Å². The molecular weight excluding hydrogens is 150 g/mol. The van der Waals surface area contributed by atoms with Crippen LogP contribution in [0.5, 0.6) is 0 Å². The molecule has 0 aliphatic rings. The first-order chi connectivity index (χ1) is 5.27. The summed E-state index contributed by atoms with van der Waals surface area (Å²) >= 11 is 0. The van der Waals surface area contributed by atoms with Crippen LogP contribution in [-0.4, -0.2) is 12.6 Å².